The van der Waals surface area contributed by atoms with Crippen LogP contribution in [0.2, 0.25) is 5.02 Å². The van der Waals surface area contributed by atoms with Crippen LogP contribution in [0.1, 0.15) is 17.0 Å². The molecule has 6 nitrogen and oxygen atoms in total. The molecule has 0 N–H and O–H groups in total. The fourth-order valence-corrected chi connectivity index (χ4v) is 2.68. The predicted octanol–water partition coefficient (Wildman–Crippen LogP) is 3.23. The second-order valence-electron chi connectivity index (χ2n) is 5.06. The molecule has 0 aliphatic rings. The zero-order chi connectivity index (χ0) is 16.4. The number of hydrogen-bond acceptors (Lipinski definition) is 4. The molecule has 2 heterocycles. The molecule has 0 amide bonds. The van der Waals surface area contributed by atoms with Gasteiger partial charge in [0.2, 0.25) is 0 Å². The summed E-state index contributed by atoms with van der Waals surface area (Å²) in [5.74, 6) is 0.762. The highest BCUT2D eigenvalue weighted by atomic mass is 35.5. The second-order valence-corrected chi connectivity index (χ2v) is 5.50. The molecule has 0 saturated heterocycles. The van der Waals surface area contributed by atoms with Gasteiger partial charge in [-0.3, -0.25) is 0 Å². The first-order valence-electron chi connectivity index (χ1n) is 7.02. The molecule has 118 valence electrons. The van der Waals surface area contributed by atoms with Crippen molar-refractivity contribution in [3.8, 4) is 11.4 Å². The van der Waals surface area contributed by atoms with E-state index in [2.05, 4.69) is 25.9 Å². The Bertz CT molecular complexity index is 852. The molecule has 0 radical (unpaired) electrons. The lowest BCUT2D eigenvalue weighted by molar-refractivity contribution is 0.412. The topological polar surface area (TPSA) is 57.2 Å². The maximum Gasteiger partial charge on any atom is 0.142 e. The van der Waals surface area contributed by atoms with Crippen LogP contribution in [0, 0.1) is 13.8 Å². The number of hydrogen-bond donors (Lipinski definition) is 0. The molecule has 3 aromatic rings. The van der Waals surface area contributed by atoms with Gasteiger partial charge in [-0.25, -0.2) is 4.68 Å². The van der Waals surface area contributed by atoms with Crippen LogP contribution < -0.4 is 4.74 Å². The summed E-state index contributed by atoms with van der Waals surface area (Å²) < 4.78 is 9.10. The van der Waals surface area contributed by atoms with Crippen molar-refractivity contribution in [1.82, 2.24) is 19.4 Å². The van der Waals surface area contributed by atoms with Gasteiger partial charge in [0.05, 0.1) is 19.0 Å². The monoisotopic (exact) mass is 329 g/mol. The molecule has 0 fully saturated rings. The van der Waals surface area contributed by atoms with Gasteiger partial charge in [-0.1, -0.05) is 11.6 Å². The van der Waals surface area contributed by atoms with Gasteiger partial charge >= 0.3 is 0 Å². The average molecular weight is 330 g/mol. The normalized spacial score (nSPS) is 11.3. The van der Waals surface area contributed by atoms with E-state index in [4.69, 9.17) is 16.3 Å². The Hall–Kier alpha value is -2.60. The summed E-state index contributed by atoms with van der Waals surface area (Å²) >= 11 is 6.15. The minimum Gasteiger partial charge on any atom is -0.495 e. The van der Waals surface area contributed by atoms with Gasteiger partial charge in [0.1, 0.15) is 18.4 Å². The Kier molecular flexibility index (Phi) is 4.16. The maximum atomic E-state index is 6.15. The van der Waals surface area contributed by atoms with E-state index in [9.17, 15) is 0 Å². The Labute approximate surface area is 139 Å². The van der Waals surface area contributed by atoms with Crippen molar-refractivity contribution in [2.24, 2.45) is 5.10 Å². The molecule has 0 bridgehead atoms. The number of ether oxygens (including phenoxy) is 1. The average Bonchev–Trinajstić information content (AvgIpc) is 3.13. The van der Waals surface area contributed by atoms with Gasteiger partial charge < -0.3 is 9.30 Å². The third kappa shape index (κ3) is 2.98. The lowest BCUT2D eigenvalue weighted by atomic mass is 10.2. The van der Waals surface area contributed by atoms with Crippen molar-refractivity contribution in [3.05, 3.63) is 58.9 Å². The largest absolute Gasteiger partial charge is 0.495 e. The van der Waals surface area contributed by atoms with Crippen LogP contribution in [0.3, 0.4) is 0 Å². The number of methoxy groups -OCH3 is 1. The fourth-order valence-electron chi connectivity index (χ4n) is 2.51. The molecule has 0 aliphatic carbocycles. The Morgan fingerprint density at radius 2 is 1.91 bits per heavy atom. The van der Waals surface area contributed by atoms with Crippen molar-refractivity contribution >= 4 is 17.8 Å². The van der Waals surface area contributed by atoms with Crippen LogP contribution in [0.4, 0.5) is 0 Å². The molecular weight excluding hydrogens is 314 g/mol. The van der Waals surface area contributed by atoms with Gasteiger partial charge in [0.15, 0.2) is 0 Å². The molecule has 0 spiro atoms. The van der Waals surface area contributed by atoms with Crippen molar-refractivity contribution in [2.75, 3.05) is 7.11 Å². The molecule has 0 atom stereocenters. The summed E-state index contributed by atoms with van der Waals surface area (Å²) in [4.78, 5) is 0. The van der Waals surface area contributed by atoms with E-state index in [1.165, 1.54) is 12.7 Å². The zero-order valence-corrected chi connectivity index (χ0v) is 13.8. The fraction of sp³-hybridized carbons (Fsp3) is 0.188. The van der Waals surface area contributed by atoms with E-state index in [-0.39, 0.29) is 0 Å². The Morgan fingerprint density at radius 1 is 1.17 bits per heavy atom. The number of nitrogens with zero attached hydrogens (tertiary/aromatic N) is 5. The van der Waals surface area contributed by atoms with Crippen molar-refractivity contribution < 1.29 is 4.74 Å². The van der Waals surface area contributed by atoms with Gasteiger partial charge in [0, 0.05) is 22.0 Å². The number of benzene rings is 1. The smallest absolute Gasteiger partial charge is 0.142 e. The summed E-state index contributed by atoms with van der Waals surface area (Å²) in [6.45, 7) is 4.06. The number of rotatable bonds is 4. The van der Waals surface area contributed by atoms with Gasteiger partial charge in [-0.05, 0) is 38.1 Å². The van der Waals surface area contributed by atoms with E-state index >= 15 is 0 Å². The quantitative estimate of drug-likeness (QED) is 0.690. The van der Waals surface area contributed by atoms with E-state index in [1.807, 2.05) is 32.0 Å². The van der Waals surface area contributed by atoms with Crippen LogP contribution in [-0.2, 0) is 0 Å². The number of aromatic nitrogens is 4. The minimum atomic E-state index is 0.660. The highest BCUT2D eigenvalue weighted by molar-refractivity contribution is 6.30. The molecule has 7 heteroatoms. The van der Waals surface area contributed by atoms with E-state index in [0.29, 0.717) is 5.02 Å². The van der Waals surface area contributed by atoms with E-state index in [1.54, 1.807) is 18.0 Å². The summed E-state index contributed by atoms with van der Waals surface area (Å²) in [6.07, 6.45) is 4.85. The summed E-state index contributed by atoms with van der Waals surface area (Å²) in [6, 6.07) is 7.62. The number of halogens is 1. The van der Waals surface area contributed by atoms with Gasteiger partial charge in [0.25, 0.3) is 0 Å². The third-order valence-electron chi connectivity index (χ3n) is 3.59. The molecule has 0 unspecified atom stereocenters. The van der Waals surface area contributed by atoms with Crippen LogP contribution in [0.15, 0.2) is 42.0 Å². The molecule has 1 aromatic carbocycles. The Balaban J connectivity index is 2.06. The lowest BCUT2D eigenvalue weighted by Gasteiger charge is -2.14. The van der Waals surface area contributed by atoms with Crippen LogP contribution in [0.5, 0.6) is 5.75 Å². The highest BCUT2D eigenvalue weighted by Crippen LogP contribution is 2.30. The first-order chi connectivity index (χ1) is 11.1. The number of aryl methyl sites for hydroxylation is 1. The van der Waals surface area contributed by atoms with Gasteiger partial charge in [-0.2, -0.15) is 5.10 Å². The summed E-state index contributed by atoms with van der Waals surface area (Å²) in [7, 11) is 1.65. The highest BCUT2D eigenvalue weighted by Gasteiger charge is 2.13. The summed E-state index contributed by atoms with van der Waals surface area (Å²) in [5.41, 5.74) is 4.00. The molecular formula is C16H16ClN5O. The van der Waals surface area contributed by atoms with Crippen molar-refractivity contribution in [1.29, 1.82) is 0 Å². The van der Waals surface area contributed by atoms with E-state index in [0.717, 1.165) is 28.4 Å². The molecule has 2 aromatic heterocycles. The lowest BCUT2D eigenvalue weighted by Crippen LogP contribution is -2.02. The van der Waals surface area contributed by atoms with Crippen LogP contribution >= 0.6 is 11.6 Å². The molecule has 23 heavy (non-hydrogen) atoms. The van der Waals surface area contributed by atoms with Crippen molar-refractivity contribution in [2.45, 2.75) is 13.8 Å². The Morgan fingerprint density at radius 3 is 2.61 bits per heavy atom. The summed E-state index contributed by atoms with van der Waals surface area (Å²) in [5, 5.41) is 12.4. The maximum absolute atomic E-state index is 6.15. The SMILES string of the molecule is COc1ccc(Cl)cc1-n1c(C)cc(/C=N\n2cnnc2)c1C. The molecule has 0 saturated carbocycles. The first-order valence-corrected chi connectivity index (χ1v) is 7.40. The third-order valence-corrected chi connectivity index (χ3v) is 3.82. The van der Waals surface area contributed by atoms with Crippen molar-refractivity contribution in [3.63, 3.8) is 0 Å². The second kappa shape index (κ2) is 6.26. The standard InChI is InChI=1S/C16H16ClN5O/c1-11-6-13(8-20-21-9-18-19-10-21)12(2)22(11)15-7-14(17)4-5-16(15)23-3/h4-10H,1-3H3/b20-8-. The predicted molar refractivity (Wildman–Crippen MR) is 89.8 cm³/mol. The zero-order valence-electron chi connectivity index (χ0n) is 13.1. The molecule has 0 aliphatic heterocycles. The van der Waals surface area contributed by atoms with Crippen LogP contribution in [-0.4, -0.2) is 32.8 Å². The molecule has 3 rings (SSSR count). The first kappa shape index (κ1) is 15.3. The van der Waals surface area contributed by atoms with Gasteiger partial charge in [-0.15, -0.1) is 10.2 Å². The van der Waals surface area contributed by atoms with E-state index < -0.39 is 0 Å². The minimum absolute atomic E-state index is 0.660. The van der Waals surface area contributed by atoms with Crippen LogP contribution in [0.25, 0.3) is 5.69 Å².